The number of carbonyl (C=O) groups excluding carboxylic acids is 1. The number of para-hydroxylation sites is 2. The van der Waals surface area contributed by atoms with Crippen LogP contribution in [-0.2, 0) is 4.79 Å². The van der Waals surface area contributed by atoms with Gasteiger partial charge in [0.25, 0.3) is 0 Å². The summed E-state index contributed by atoms with van der Waals surface area (Å²) in [6.07, 6.45) is -0.103. The van der Waals surface area contributed by atoms with Crippen molar-refractivity contribution in [2.75, 3.05) is 20.2 Å². The molecule has 1 aliphatic rings. The zero-order valence-corrected chi connectivity index (χ0v) is 16.4. The van der Waals surface area contributed by atoms with Gasteiger partial charge < -0.3 is 14.8 Å². The third kappa shape index (κ3) is 4.61. The summed E-state index contributed by atoms with van der Waals surface area (Å²) in [6.45, 7) is 7.09. The molecule has 1 N–H and O–H groups in total. The Hall–Kier alpha value is -2.53. The molecule has 0 radical (unpaired) electrons. The van der Waals surface area contributed by atoms with Crippen LogP contribution in [-0.4, -0.2) is 43.2 Å². The second-order valence-electron chi connectivity index (χ2n) is 7.20. The predicted molar refractivity (Wildman–Crippen MR) is 106 cm³/mol. The summed E-state index contributed by atoms with van der Waals surface area (Å²) >= 11 is 0. The van der Waals surface area contributed by atoms with E-state index in [9.17, 15) is 4.79 Å². The minimum atomic E-state index is -0.266. The Morgan fingerprint density at radius 1 is 1.15 bits per heavy atom. The van der Waals surface area contributed by atoms with Crippen LogP contribution in [0.5, 0.6) is 11.5 Å². The Morgan fingerprint density at radius 3 is 2.56 bits per heavy atom. The average molecular weight is 368 g/mol. The third-order valence-corrected chi connectivity index (χ3v) is 5.11. The Balaban J connectivity index is 1.55. The van der Waals surface area contributed by atoms with Gasteiger partial charge in [-0.15, -0.1) is 0 Å². The van der Waals surface area contributed by atoms with E-state index < -0.39 is 0 Å². The summed E-state index contributed by atoms with van der Waals surface area (Å²) in [6, 6.07) is 15.5. The molecule has 3 rings (SSSR count). The van der Waals surface area contributed by atoms with Crippen molar-refractivity contribution < 1.29 is 14.3 Å². The monoisotopic (exact) mass is 368 g/mol. The van der Waals surface area contributed by atoms with E-state index in [4.69, 9.17) is 9.47 Å². The molecule has 3 unspecified atom stereocenters. The number of ether oxygens (including phenoxy) is 2. The first-order chi connectivity index (χ1) is 13.0. The number of hydrogen-bond acceptors (Lipinski definition) is 4. The number of likely N-dealkylation sites (N-methyl/N-ethyl adjacent to an activating group) is 1. The van der Waals surface area contributed by atoms with E-state index in [0.29, 0.717) is 13.2 Å². The van der Waals surface area contributed by atoms with Crippen LogP contribution in [0, 0.1) is 6.92 Å². The van der Waals surface area contributed by atoms with Crippen molar-refractivity contribution in [1.29, 1.82) is 0 Å². The topological polar surface area (TPSA) is 50.8 Å². The van der Waals surface area contributed by atoms with E-state index in [1.807, 2.05) is 62.2 Å². The first kappa shape index (κ1) is 19.2. The Kier molecular flexibility index (Phi) is 6.01. The summed E-state index contributed by atoms with van der Waals surface area (Å²) in [5.41, 5.74) is 2.32. The van der Waals surface area contributed by atoms with Gasteiger partial charge in [0, 0.05) is 6.54 Å². The Bertz CT molecular complexity index is 793. The van der Waals surface area contributed by atoms with Crippen LogP contribution in [0.4, 0.5) is 0 Å². The third-order valence-electron chi connectivity index (χ3n) is 5.11. The van der Waals surface area contributed by atoms with Gasteiger partial charge in [-0.05, 0) is 51.1 Å². The molecule has 0 aliphatic carbocycles. The molecule has 0 spiro atoms. The fraction of sp³-hybridized carbons (Fsp3) is 0.409. The molecule has 2 aromatic rings. The summed E-state index contributed by atoms with van der Waals surface area (Å²) in [5.74, 6) is 1.53. The molecule has 1 amide bonds. The summed E-state index contributed by atoms with van der Waals surface area (Å²) in [5, 5.41) is 3.12. The van der Waals surface area contributed by atoms with Gasteiger partial charge >= 0.3 is 0 Å². The molecular formula is C22H28N2O3. The average Bonchev–Trinajstić information content (AvgIpc) is 2.67. The molecule has 1 aliphatic heterocycles. The zero-order chi connectivity index (χ0) is 19.4. The minimum absolute atomic E-state index is 0.00498. The summed E-state index contributed by atoms with van der Waals surface area (Å²) < 4.78 is 11.8. The maximum atomic E-state index is 12.7. The molecule has 0 bridgehead atoms. The lowest BCUT2D eigenvalue weighted by Crippen LogP contribution is -2.48. The van der Waals surface area contributed by atoms with Gasteiger partial charge in [-0.3, -0.25) is 9.69 Å². The van der Waals surface area contributed by atoms with Crippen LogP contribution >= 0.6 is 0 Å². The maximum Gasteiger partial charge on any atom is 0.237 e. The number of nitrogens with one attached hydrogen (secondary N) is 1. The van der Waals surface area contributed by atoms with Crippen molar-refractivity contribution >= 4 is 5.91 Å². The molecule has 0 saturated heterocycles. The molecule has 27 heavy (non-hydrogen) atoms. The quantitative estimate of drug-likeness (QED) is 0.850. The SMILES string of the molecule is Cc1ccccc1C(C)NC(=O)C(C)N(C)CC1COc2ccccc2O1. The van der Waals surface area contributed by atoms with E-state index in [0.717, 1.165) is 17.1 Å². The van der Waals surface area contributed by atoms with Crippen LogP contribution in [0.1, 0.15) is 31.0 Å². The Labute approximate surface area is 161 Å². The molecule has 5 heteroatoms. The van der Waals surface area contributed by atoms with Crippen LogP contribution in [0.2, 0.25) is 0 Å². The smallest absolute Gasteiger partial charge is 0.237 e. The highest BCUT2D eigenvalue weighted by Gasteiger charge is 2.26. The van der Waals surface area contributed by atoms with Crippen molar-refractivity contribution in [3.05, 3.63) is 59.7 Å². The molecule has 3 atom stereocenters. The second-order valence-corrected chi connectivity index (χ2v) is 7.20. The van der Waals surface area contributed by atoms with Gasteiger partial charge in [-0.1, -0.05) is 36.4 Å². The maximum absolute atomic E-state index is 12.7. The fourth-order valence-electron chi connectivity index (χ4n) is 3.32. The number of fused-ring (bicyclic) bond motifs is 1. The van der Waals surface area contributed by atoms with E-state index in [-0.39, 0.29) is 24.1 Å². The van der Waals surface area contributed by atoms with Gasteiger partial charge in [-0.25, -0.2) is 0 Å². The van der Waals surface area contributed by atoms with Crippen LogP contribution < -0.4 is 14.8 Å². The van der Waals surface area contributed by atoms with E-state index in [2.05, 4.69) is 24.4 Å². The second kappa shape index (κ2) is 8.44. The van der Waals surface area contributed by atoms with Crippen LogP contribution in [0.15, 0.2) is 48.5 Å². The normalized spacial score (nSPS) is 18.0. The molecule has 0 fully saturated rings. The van der Waals surface area contributed by atoms with Crippen molar-refractivity contribution in [2.24, 2.45) is 0 Å². The number of aryl methyl sites for hydroxylation is 1. The van der Waals surface area contributed by atoms with Crippen LogP contribution in [0.3, 0.4) is 0 Å². The Morgan fingerprint density at radius 2 is 1.81 bits per heavy atom. The zero-order valence-electron chi connectivity index (χ0n) is 16.4. The van der Waals surface area contributed by atoms with Crippen molar-refractivity contribution in [1.82, 2.24) is 10.2 Å². The molecule has 0 aromatic heterocycles. The summed E-state index contributed by atoms with van der Waals surface area (Å²) in [7, 11) is 1.94. The van der Waals surface area contributed by atoms with E-state index in [1.54, 1.807) is 0 Å². The number of hydrogen-bond donors (Lipinski definition) is 1. The van der Waals surface area contributed by atoms with Crippen molar-refractivity contribution in [3.63, 3.8) is 0 Å². The number of amides is 1. The van der Waals surface area contributed by atoms with Gasteiger partial charge in [0.1, 0.15) is 12.7 Å². The lowest BCUT2D eigenvalue weighted by Gasteiger charge is -2.32. The molecule has 1 heterocycles. The van der Waals surface area contributed by atoms with Crippen molar-refractivity contribution in [2.45, 2.75) is 39.0 Å². The highest BCUT2D eigenvalue weighted by Crippen LogP contribution is 2.31. The van der Waals surface area contributed by atoms with Gasteiger partial charge in [0.15, 0.2) is 11.5 Å². The number of rotatable bonds is 6. The first-order valence-electron chi connectivity index (χ1n) is 9.40. The molecule has 144 valence electrons. The highest BCUT2D eigenvalue weighted by atomic mass is 16.6. The minimum Gasteiger partial charge on any atom is -0.486 e. The number of nitrogens with zero attached hydrogens (tertiary/aromatic N) is 1. The van der Waals surface area contributed by atoms with Gasteiger partial charge in [0.05, 0.1) is 12.1 Å². The molecule has 2 aromatic carbocycles. The highest BCUT2D eigenvalue weighted by molar-refractivity contribution is 5.81. The molecular weight excluding hydrogens is 340 g/mol. The van der Waals surface area contributed by atoms with Gasteiger partial charge in [0.2, 0.25) is 5.91 Å². The first-order valence-corrected chi connectivity index (χ1v) is 9.40. The number of benzene rings is 2. The molecule has 5 nitrogen and oxygen atoms in total. The van der Waals surface area contributed by atoms with E-state index >= 15 is 0 Å². The number of carbonyl (C=O) groups is 1. The lowest BCUT2D eigenvalue weighted by molar-refractivity contribution is -0.126. The lowest BCUT2D eigenvalue weighted by atomic mass is 10.0. The predicted octanol–water partition coefficient (Wildman–Crippen LogP) is 3.33. The summed E-state index contributed by atoms with van der Waals surface area (Å²) in [4.78, 5) is 14.7. The fourth-order valence-corrected chi connectivity index (χ4v) is 3.32. The van der Waals surface area contributed by atoms with Gasteiger partial charge in [-0.2, -0.15) is 0 Å². The standard InChI is InChI=1S/C22H28N2O3/c1-15-9-5-6-10-19(15)16(2)23-22(25)17(3)24(4)13-18-14-26-20-11-7-8-12-21(20)27-18/h5-12,16-18H,13-14H2,1-4H3,(H,23,25). The van der Waals surface area contributed by atoms with E-state index in [1.165, 1.54) is 5.56 Å². The van der Waals surface area contributed by atoms with Crippen LogP contribution in [0.25, 0.3) is 0 Å². The largest absolute Gasteiger partial charge is 0.486 e. The molecule has 0 saturated carbocycles. The van der Waals surface area contributed by atoms with Crippen molar-refractivity contribution in [3.8, 4) is 11.5 Å².